The van der Waals surface area contributed by atoms with Gasteiger partial charge in [-0.15, -0.1) is 0 Å². The van der Waals surface area contributed by atoms with Crippen LogP contribution in [-0.4, -0.2) is 27.7 Å². The molecule has 186 valence electrons. The minimum absolute atomic E-state index is 0.0144. The van der Waals surface area contributed by atoms with Crippen LogP contribution < -0.4 is 15.0 Å². The van der Waals surface area contributed by atoms with Gasteiger partial charge in [0.1, 0.15) is 11.3 Å². The third-order valence-electron chi connectivity index (χ3n) is 5.01. The zero-order valence-electron chi connectivity index (χ0n) is 18.2. The van der Waals surface area contributed by atoms with Gasteiger partial charge in [-0.2, -0.15) is 0 Å². The Morgan fingerprint density at radius 3 is 2.35 bits per heavy atom. The molecular formula is C23H12BrClN4O8. The largest absolute Gasteiger partial charge is 0.449 e. The van der Waals surface area contributed by atoms with Gasteiger partial charge in [-0.05, 0) is 48.5 Å². The van der Waals surface area contributed by atoms with Gasteiger partial charge in [-0.1, -0.05) is 33.6 Å². The number of amides is 4. The fourth-order valence-corrected chi connectivity index (χ4v) is 3.92. The number of hydrogen-bond acceptors (Lipinski definition) is 8. The number of halogens is 2. The molecule has 12 nitrogen and oxygen atoms in total. The van der Waals surface area contributed by atoms with E-state index in [9.17, 15) is 34.6 Å². The van der Waals surface area contributed by atoms with E-state index in [-0.39, 0.29) is 27.8 Å². The summed E-state index contributed by atoms with van der Waals surface area (Å²) in [5.74, 6) is -2.24. The smallest absolute Gasteiger partial charge is 0.335 e. The first-order chi connectivity index (χ1) is 17.5. The second-order valence-electron chi connectivity index (χ2n) is 7.39. The zero-order chi connectivity index (χ0) is 26.9. The number of nitro benzene ring substituents is 2. The van der Waals surface area contributed by atoms with Gasteiger partial charge in [0.05, 0.1) is 21.6 Å². The molecule has 1 aliphatic rings. The van der Waals surface area contributed by atoms with Crippen molar-refractivity contribution in [3.63, 3.8) is 0 Å². The fourth-order valence-electron chi connectivity index (χ4n) is 3.35. The standard InChI is InChI=1S/C23H12BrClN4O8/c24-13-4-6-19(37-20-7-5-16(28(33)34)11-18(20)29(35)36)12(8-13)9-17-21(30)26-23(32)27(22(17)31)15-3-1-2-14(25)10-15/h1-11H,(H,26,30,32)/b17-9+. The summed E-state index contributed by atoms with van der Waals surface area (Å²) in [4.78, 5) is 59.8. The Kier molecular flexibility index (Phi) is 7.00. The maximum Gasteiger partial charge on any atom is 0.335 e. The number of anilines is 1. The maximum atomic E-state index is 13.2. The van der Waals surface area contributed by atoms with Crippen LogP contribution in [0.3, 0.4) is 0 Å². The van der Waals surface area contributed by atoms with Crippen LogP contribution in [0.15, 0.2) is 70.7 Å². The summed E-state index contributed by atoms with van der Waals surface area (Å²) in [5.41, 5.74) is -1.34. The van der Waals surface area contributed by atoms with Crippen molar-refractivity contribution in [1.82, 2.24) is 5.32 Å². The molecule has 0 unspecified atom stereocenters. The average molecular weight is 588 g/mol. The van der Waals surface area contributed by atoms with E-state index in [2.05, 4.69) is 21.2 Å². The van der Waals surface area contributed by atoms with Crippen LogP contribution in [-0.2, 0) is 9.59 Å². The van der Waals surface area contributed by atoms with Gasteiger partial charge in [-0.25, -0.2) is 9.69 Å². The van der Waals surface area contributed by atoms with Crippen LogP contribution in [0.5, 0.6) is 11.5 Å². The monoisotopic (exact) mass is 586 g/mol. The molecule has 1 heterocycles. The molecule has 0 bridgehead atoms. The number of benzene rings is 3. The van der Waals surface area contributed by atoms with Crippen molar-refractivity contribution in [3.8, 4) is 11.5 Å². The van der Waals surface area contributed by atoms with Gasteiger partial charge in [0.25, 0.3) is 17.5 Å². The average Bonchev–Trinajstić information content (AvgIpc) is 2.83. The van der Waals surface area contributed by atoms with E-state index in [1.54, 1.807) is 12.1 Å². The van der Waals surface area contributed by atoms with Gasteiger partial charge in [0, 0.05) is 21.1 Å². The highest BCUT2D eigenvalue weighted by molar-refractivity contribution is 9.10. The molecule has 0 aromatic heterocycles. The number of imide groups is 2. The Labute approximate surface area is 220 Å². The first-order valence-corrected chi connectivity index (χ1v) is 11.3. The number of carbonyl (C=O) groups is 3. The number of nitrogens with one attached hydrogen (secondary N) is 1. The van der Waals surface area contributed by atoms with E-state index >= 15 is 0 Å². The van der Waals surface area contributed by atoms with E-state index in [0.717, 1.165) is 29.2 Å². The first-order valence-electron chi connectivity index (χ1n) is 10.1. The fraction of sp³-hybridized carbons (Fsp3) is 0. The number of nitrogens with zero attached hydrogens (tertiary/aromatic N) is 3. The van der Waals surface area contributed by atoms with Gasteiger partial charge < -0.3 is 4.74 Å². The van der Waals surface area contributed by atoms with E-state index < -0.39 is 44.6 Å². The van der Waals surface area contributed by atoms with Gasteiger partial charge in [0.15, 0.2) is 0 Å². The summed E-state index contributed by atoms with van der Waals surface area (Å²) in [7, 11) is 0. The van der Waals surface area contributed by atoms with Gasteiger partial charge >= 0.3 is 11.7 Å². The molecule has 0 radical (unpaired) electrons. The van der Waals surface area contributed by atoms with Crippen molar-refractivity contribution in [2.24, 2.45) is 0 Å². The predicted molar refractivity (Wildman–Crippen MR) is 134 cm³/mol. The second kappa shape index (κ2) is 10.2. The van der Waals surface area contributed by atoms with E-state index in [1.807, 2.05) is 0 Å². The number of ether oxygens (including phenoxy) is 1. The number of carbonyl (C=O) groups excluding carboxylic acids is 3. The lowest BCUT2D eigenvalue weighted by Crippen LogP contribution is -2.54. The normalized spacial score (nSPS) is 14.5. The number of urea groups is 1. The van der Waals surface area contributed by atoms with E-state index in [1.165, 1.54) is 30.3 Å². The molecule has 4 amide bonds. The summed E-state index contributed by atoms with van der Waals surface area (Å²) in [6, 6.07) is 12.2. The minimum atomic E-state index is -0.972. The molecule has 1 N–H and O–H groups in total. The Balaban J connectivity index is 1.77. The minimum Gasteiger partial charge on any atom is -0.449 e. The molecule has 1 fully saturated rings. The summed E-state index contributed by atoms with van der Waals surface area (Å²) in [6.45, 7) is 0. The van der Waals surface area contributed by atoms with E-state index in [4.69, 9.17) is 16.3 Å². The van der Waals surface area contributed by atoms with Crippen LogP contribution in [0.2, 0.25) is 5.02 Å². The third-order valence-corrected chi connectivity index (χ3v) is 5.74. The summed E-state index contributed by atoms with van der Waals surface area (Å²) < 4.78 is 6.19. The quantitative estimate of drug-likeness (QED) is 0.174. The van der Waals surface area contributed by atoms with E-state index in [0.29, 0.717) is 4.47 Å². The first kappa shape index (κ1) is 25.5. The molecule has 0 aliphatic carbocycles. The molecule has 0 atom stereocenters. The molecule has 0 spiro atoms. The second-order valence-corrected chi connectivity index (χ2v) is 8.74. The molecule has 1 saturated heterocycles. The van der Waals surface area contributed by atoms with Crippen molar-refractivity contribution in [1.29, 1.82) is 0 Å². The molecule has 0 saturated carbocycles. The van der Waals surface area contributed by atoms with Crippen LogP contribution in [0.4, 0.5) is 21.9 Å². The van der Waals surface area contributed by atoms with Crippen molar-refractivity contribution in [3.05, 3.63) is 102 Å². The van der Waals surface area contributed by atoms with Crippen molar-refractivity contribution in [2.45, 2.75) is 0 Å². The topological polar surface area (TPSA) is 162 Å². The molecule has 37 heavy (non-hydrogen) atoms. The highest BCUT2D eigenvalue weighted by Crippen LogP contribution is 2.37. The van der Waals surface area contributed by atoms with Crippen LogP contribution >= 0.6 is 27.5 Å². The number of rotatable bonds is 6. The summed E-state index contributed by atoms with van der Waals surface area (Å²) >= 11 is 9.25. The van der Waals surface area contributed by atoms with Crippen molar-refractivity contribution in [2.75, 3.05) is 4.90 Å². The molecular weight excluding hydrogens is 576 g/mol. The predicted octanol–water partition coefficient (Wildman–Crippen LogP) is 5.38. The van der Waals surface area contributed by atoms with Crippen molar-refractivity contribution < 1.29 is 29.0 Å². The number of nitro groups is 2. The van der Waals surface area contributed by atoms with Crippen LogP contribution in [0, 0.1) is 20.2 Å². The lowest BCUT2D eigenvalue weighted by atomic mass is 10.1. The molecule has 3 aromatic rings. The molecule has 4 rings (SSSR count). The highest BCUT2D eigenvalue weighted by atomic mass is 79.9. The zero-order valence-corrected chi connectivity index (χ0v) is 20.6. The maximum absolute atomic E-state index is 13.2. The third kappa shape index (κ3) is 5.32. The number of barbiturate groups is 1. The molecule has 1 aliphatic heterocycles. The Hall–Kier alpha value is -4.62. The number of hydrogen-bond donors (Lipinski definition) is 1. The lowest BCUT2D eigenvalue weighted by molar-refractivity contribution is -0.394. The summed E-state index contributed by atoms with van der Waals surface area (Å²) in [5, 5.41) is 24.8. The molecule has 14 heteroatoms. The highest BCUT2D eigenvalue weighted by Gasteiger charge is 2.37. The van der Waals surface area contributed by atoms with Gasteiger partial charge in [0.2, 0.25) is 5.75 Å². The SMILES string of the molecule is O=C1NC(=O)N(c2cccc(Cl)c2)C(=O)/C1=C/c1cc(Br)ccc1Oc1ccc([N+](=O)[O-])cc1[N+](=O)[O-]. The Bertz CT molecular complexity index is 1540. The van der Waals surface area contributed by atoms with Crippen LogP contribution in [0.25, 0.3) is 6.08 Å². The van der Waals surface area contributed by atoms with Crippen molar-refractivity contribution >= 4 is 68.5 Å². The molecule has 3 aromatic carbocycles. The Morgan fingerprint density at radius 1 is 0.946 bits per heavy atom. The van der Waals surface area contributed by atoms with Gasteiger partial charge in [-0.3, -0.25) is 35.1 Å². The number of non-ortho nitro benzene ring substituents is 1. The lowest BCUT2D eigenvalue weighted by Gasteiger charge is -2.26. The Morgan fingerprint density at radius 2 is 1.68 bits per heavy atom. The van der Waals surface area contributed by atoms with Crippen LogP contribution in [0.1, 0.15) is 5.56 Å². The summed E-state index contributed by atoms with van der Waals surface area (Å²) in [6.07, 6.45) is 1.15.